The number of rotatable bonds is 3. The number of halogens is 3. The normalized spacial score (nSPS) is 13.3. The van der Waals surface area contributed by atoms with Crippen LogP contribution >= 0.6 is 11.6 Å². The molecule has 0 saturated carbocycles. The molecular formula is C10H12ClF2N. The maximum atomic E-state index is 12.2. The van der Waals surface area contributed by atoms with Gasteiger partial charge in [-0.1, -0.05) is 29.3 Å². The van der Waals surface area contributed by atoms with Crippen molar-refractivity contribution in [3.05, 3.63) is 34.3 Å². The summed E-state index contributed by atoms with van der Waals surface area (Å²) in [5, 5.41) is 0.492. The van der Waals surface area contributed by atoms with Crippen molar-refractivity contribution < 1.29 is 8.78 Å². The molecule has 1 atom stereocenters. The van der Waals surface area contributed by atoms with E-state index < -0.39 is 12.5 Å². The Labute approximate surface area is 86.9 Å². The molecule has 0 saturated heterocycles. The zero-order valence-corrected chi connectivity index (χ0v) is 8.56. The molecule has 14 heavy (non-hydrogen) atoms. The van der Waals surface area contributed by atoms with Crippen LogP contribution in [-0.4, -0.2) is 12.5 Å². The first-order valence-corrected chi connectivity index (χ1v) is 4.67. The molecule has 1 rings (SSSR count). The third-order valence-corrected chi connectivity index (χ3v) is 2.35. The molecule has 0 bridgehead atoms. The Bertz CT molecular complexity index is 315. The molecule has 0 radical (unpaired) electrons. The molecule has 0 aliphatic carbocycles. The molecule has 1 unspecified atom stereocenters. The summed E-state index contributed by atoms with van der Waals surface area (Å²) in [5.74, 6) is 0. The molecule has 78 valence electrons. The summed E-state index contributed by atoms with van der Waals surface area (Å²) in [6.45, 7) is 1.88. The van der Waals surface area contributed by atoms with Crippen LogP contribution in [0.25, 0.3) is 0 Å². The Morgan fingerprint density at radius 3 is 2.64 bits per heavy atom. The van der Waals surface area contributed by atoms with Crippen LogP contribution in [-0.2, 0) is 6.42 Å². The lowest BCUT2D eigenvalue weighted by Gasteiger charge is -2.11. The molecule has 1 aromatic carbocycles. The molecule has 0 aliphatic heterocycles. The van der Waals surface area contributed by atoms with Crippen LogP contribution in [0.4, 0.5) is 8.78 Å². The quantitative estimate of drug-likeness (QED) is 0.831. The Kier molecular flexibility index (Phi) is 3.84. The van der Waals surface area contributed by atoms with Crippen LogP contribution < -0.4 is 5.73 Å². The third-order valence-electron chi connectivity index (χ3n) is 1.98. The van der Waals surface area contributed by atoms with E-state index in [4.69, 9.17) is 17.3 Å². The van der Waals surface area contributed by atoms with Crippen molar-refractivity contribution in [1.29, 1.82) is 0 Å². The Morgan fingerprint density at radius 2 is 2.07 bits per heavy atom. The molecule has 4 heteroatoms. The maximum Gasteiger partial charge on any atom is 0.253 e. The minimum atomic E-state index is -2.51. The van der Waals surface area contributed by atoms with Gasteiger partial charge in [0.05, 0.1) is 6.04 Å². The molecule has 1 nitrogen and oxygen atoms in total. The first-order chi connectivity index (χ1) is 6.50. The van der Waals surface area contributed by atoms with Crippen LogP contribution in [0.15, 0.2) is 18.2 Å². The summed E-state index contributed by atoms with van der Waals surface area (Å²) >= 11 is 5.84. The fourth-order valence-corrected chi connectivity index (χ4v) is 1.40. The van der Waals surface area contributed by atoms with E-state index in [1.807, 2.05) is 13.0 Å². The highest BCUT2D eigenvalue weighted by Crippen LogP contribution is 2.19. The second kappa shape index (κ2) is 4.71. The van der Waals surface area contributed by atoms with E-state index in [9.17, 15) is 8.78 Å². The van der Waals surface area contributed by atoms with Gasteiger partial charge in [0.25, 0.3) is 6.43 Å². The summed E-state index contributed by atoms with van der Waals surface area (Å²) in [4.78, 5) is 0. The van der Waals surface area contributed by atoms with E-state index in [0.29, 0.717) is 10.6 Å². The number of benzene rings is 1. The van der Waals surface area contributed by atoms with Crippen molar-refractivity contribution >= 4 is 11.6 Å². The summed E-state index contributed by atoms with van der Waals surface area (Å²) in [5.41, 5.74) is 6.93. The van der Waals surface area contributed by atoms with Crippen LogP contribution in [0, 0.1) is 6.92 Å². The van der Waals surface area contributed by atoms with E-state index in [0.717, 1.165) is 5.56 Å². The second-order valence-electron chi connectivity index (χ2n) is 3.30. The summed E-state index contributed by atoms with van der Waals surface area (Å²) < 4.78 is 24.4. The van der Waals surface area contributed by atoms with Gasteiger partial charge in [0.1, 0.15) is 0 Å². The maximum absolute atomic E-state index is 12.2. The molecule has 2 N–H and O–H groups in total. The summed E-state index contributed by atoms with van der Waals surface area (Å²) in [6, 6.07) is 4.17. The fourth-order valence-electron chi connectivity index (χ4n) is 1.20. The third kappa shape index (κ3) is 2.93. The molecule has 0 fully saturated rings. The Hall–Kier alpha value is -0.670. The molecule has 0 heterocycles. The summed E-state index contributed by atoms with van der Waals surface area (Å²) in [7, 11) is 0. The first-order valence-electron chi connectivity index (χ1n) is 4.29. The summed E-state index contributed by atoms with van der Waals surface area (Å²) in [6.07, 6.45) is -2.40. The zero-order chi connectivity index (χ0) is 10.7. The number of aryl methyl sites for hydroxylation is 1. The van der Waals surface area contributed by atoms with Gasteiger partial charge in [-0.05, 0) is 25.0 Å². The van der Waals surface area contributed by atoms with Gasteiger partial charge in [-0.2, -0.15) is 0 Å². The molecular weight excluding hydrogens is 208 g/mol. The monoisotopic (exact) mass is 219 g/mol. The fraction of sp³-hybridized carbons (Fsp3) is 0.400. The van der Waals surface area contributed by atoms with Gasteiger partial charge in [0, 0.05) is 5.02 Å². The zero-order valence-electron chi connectivity index (χ0n) is 7.81. The van der Waals surface area contributed by atoms with Crippen LogP contribution in [0.5, 0.6) is 0 Å². The van der Waals surface area contributed by atoms with E-state index in [-0.39, 0.29) is 6.42 Å². The second-order valence-corrected chi connectivity index (χ2v) is 3.70. The lowest BCUT2D eigenvalue weighted by atomic mass is 10.0. The highest BCUT2D eigenvalue weighted by Gasteiger charge is 2.16. The topological polar surface area (TPSA) is 26.0 Å². The molecule has 0 spiro atoms. The molecule has 0 aliphatic rings. The lowest BCUT2D eigenvalue weighted by molar-refractivity contribution is 0.116. The van der Waals surface area contributed by atoms with Crippen LogP contribution in [0.3, 0.4) is 0 Å². The highest BCUT2D eigenvalue weighted by atomic mass is 35.5. The van der Waals surface area contributed by atoms with Gasteiger partial charge >= 0.3 is 0 Å². The number of hydrogen-bond donors (Lipinski definition) is 1. The predicted molar refractivity (Wildman–Crippen MR) is 53.9 cm³/mol. The number of nitrogens with two attached hydrogens (primary N) is 1. The minimum absolute atomic E-state index is 0.109. The average molecular weight is 220 g/mol. The van der Waals surface area contributed by atoms with Gasteiger partial charge in [-0.3, -0.25) is 0 Å². The van der Waals surface area contributed by atoms with Gasteiger partial charge in [0.15, 0.2) is 0 Å². The SMILES string of the molecule is Cc1ccc(Cl)c(CC(N)C(F)F)c1. The van der Waals surface area contributed by atoms with Crippen molar-refractivity contribution in [2.24, 2.45) is 5.73 Å². The van der Waals surface area contributed by atoms with Crippen LogP contribution in [0.2, 0.25) is 5.02 Å². The van der Waals surface area contributed by atoms with Crippen molar-refractivity contribution in [3.63, 3.8) is 0 Å². The van der Waals surface area contributed by atoms with Crippen LogP contribution in [0.1, 0.15) is 11.1 Å². The smallest absolute Gasteiger partial charge is 0.253 e. The van der Waals surface area contributed by atoms with Gasteiger partial charge in [-0.25, -0.2) is 8.78 Å². The van der Waals surface area contributed by atoms with Crippen molar-refractivity contribution in [2.75, 3.05) is 0 Å². The average Bonchev–Trinajstić information content (AvgIpc) is 2.11. The van der Waals surface area contributed by atoms with Gasteiger partial charge < -0.3 is 5.73 Å². The predicted octanol–water partition coefficient (Wildman–Crippen LogP) is 2.78. The van der Waals surface area contributed by atoms with Gasteiger partial charge in [0.2, 0.25) is 0 Å². The van der Waals surface area contributed by atoms with E-state index in [1.165, 1.54) is 0 Å². The minimum Gasteiger partial charge on any atom is -0.323 e. The van der Waals surface area contributed by atoms with Crippen molar-refractivity contribution in [2.45, 2.75) is 25.8 Å². The highest BCUT2D eigenvalue weighted by molar-refractivity contribution is 6.31. The van der Waals surface area contributed by atoms with E-state index in [2.05, 4.69) is 0 Å². The van der Waals surface area contributed by atoms with E-state index in [1.54, 1.807) is 12.1 Å². The molecule has 0 aromatic heterocycles. The van der Waals surface area contributed by atoms with E-state index >= 15 is 0 Å². The largest absolute Gasteiger partial charge is 0.323 e. The standard InChI is InChI=1S/C10H12ClF2N/c1-6-2-3-8(11)7(4-6)5-9(14)10(12)13/h2-4,9-10H,5,14H2,1H3. The molecule has 1 aromatic rings. The van der Waals surface area contributed by atoms with Gasteiger partial charge in [-0.15, -0.1) is 0 Å². The Balaban J connectivity index is 2.80. The van der Waals surface area contributed by atoms with Crippen molar-refractivity contribution in [1.82, 2.24) is 0 Å². The first kappa shape index (κ1) is 11.4. The number of hydrogen-bond acceptors (Lipinski definition) is 1. The Morgan fingerprint density at radius 1 is 1.43 bits per heavy atom. The lowest BCUT2D eigenvalue weighted by Crippen LogP contribution is -2.31. The number of alkyl halides is 2. The van der Waals surface area contributed by atoms with Crippen molar-refractivity contribution in [3.8, 4) is 0 Å². The molecule has 0 amide bonds.